The van der Waals surface area contributed by atoms with Gasteiger partial charge in [-0.05, 0) is 74.5 Å². The fraction of sp³-hybridized carbons (Fsp3) is 0.933. The average Bonchev–Trinajstić information content (AvgIpc) is 3.74. The van der Waals surface area contributed by atoms with Crippen LogP contribution >= 0.6 is 0 Å². The second-order valence-electron chi connectivity index (χ2n) is 13.4. The summed E-state index contributed by atoms with van der Waals surface area (Å²) in [7, 11) is 2.48. The highest BCUT2D eigenvalue weighted by atomic mass is 28.4. The number of hydrogen-bond acceptors (Lipinski definition) is 10. The lowest BCUT2D eigenvalue weighted by Gasteiger charge is -2.60. The van der Waals surface area contributed by atoms with E-state index in [4.69, 9.17) is 22.8 Å². The molecule has 1 aliphatic heterocycles. The molecule has 9 atom stereocenters. The molecule has 0 aromatic heterocycles. The van der Waals surface area contributed by atoms with Crippen LogP contribution in [0.25, 0.3) is 0 Å². The van der Waals surface area contributed by atoms with Crippen LogP contribution in [0.15, 0.2) is 0 Å². The van der Waals surface area contributed by atoms with Crippen molar-refractivity contribution >= 4 is 20.4 Å². The quantitative estimate of drug-likeness (QED) is 0.184. The number of carbonyl (C=O) groups excluding carboxylic acids is 2. The van der Waals surface area contributed by atoms with Crippen molar-refractivity contribution < 1.29 is 47.7 Å². The Labute approximate surface area is 245 Å². The molecule has 1 unspecified atom stereocenters. The van der Waals surface area contributed by atoms with Crippen molar-refractivity contribution in [1.82, 2.24) is 0 Å². The van der Waals surface area contributed by atoms with Gasteiger partial charge in [0.05, 0.1) is 19.3 Å². The number of Topliss-reactive ketones (excluding diaryl/α,β-unsaturated/α-hetero) is 2. The minimum absolute atomic E-state index is 0.0154. The van der Waals surface area contributed by atoms with E-state index in [0.29, 0.717) is 31.7 Å². The van der Waals surface area contributed by atoms with E-state index in [1.165, 1.54) is 0 Å². The first-order valence-corrected chi connectivity index (χ1v) is 17.3. The van der Waals surface area contributed by atoms with E-state index >= 15 is 0 Å². The standard InChI is InChI=1S/C21H32O5.C9H20O5Si/c1-19-7-5-13(23)9-12(19)3-4-14-15-6-8-21(26,17(25)11-22)20(15,2)10-16(24)18(14)19;1-10-15(11-2,12-3)6-4-5-13-7-9-8-14-9/h12-15,18,22-23,26H,3-11H2,1-2H3;9H,4-8H2,1-3H3/t12-,13-,14+,15+,18-,19+,20+,21+;/m1./s1. The number of aliphatic hydroxyl groups excluding tert-OH is 2. The van der Waals surface area contributed by atoms with Gasteiger partial charge in [0.2, 0.25) is 0 Å². The van der Waals surface area contributed by atoms with Gasteiger partial charge in [-0.3, -0.25) is 9.59 Å². The third-order valence-corrected chi connectivity index (χ3v) is 14.3. The van der Waals surface area contributed by atoms with E-state index in [-0.39, 0.29) is 41.5 Å². The first kappa shape index (κ1) is 33.1. The highest BCUT2D eigenvalue weighted by Crippen LogP contribution is 2.67. The van der Waals surface area contributed by atoms with Crippen LogP contribution in [-0.2, 0) is 32.3 Å². The van der Waals surface area contributed by atoms with Gasteiger partial charge in [-0.1, -0.05) is 13.8 Å². The fourth-order valence-corrected chi connectivity index (χ4v) is 10.7. The van der Waals surface area contributed by atoms with Crippen LogP contribution in [0.5, 0.6) is 0 Å². The maximum Gasteiger partial charge on any atom is 0.500 e. The molecule has 4 saturated carbocycles. The molecule has 5 rings (SSSR count). The van der Waals surface area contributed by atoms with Gasteiger partial charge in [0.25, 0.3) is 0 Å². The molecule has 0 radical (unpaired) electrons. The summed E-state index contributed by atoms with van der Waals surface area (Å²) in [5.74, 6) is 0.380. The monoisotopic (exact) mass is 600 g/mol. The molecule has 1 heterocycles. The number of epoxide rings is 1. The van der Waals surface area contributed by atoms with Crippen molar-refractivity contribution in [2.75, 3.05) is 47.8 Å². The van der Waals surface area contributed by atoms with Crippen molar-refractivity contribution in [3.05, 3.63) is 0 Å². The maximum atomic E-state index is 13.4. The summed E-state index contributed by atoms with van der Waals surface area (Å²) in [6, 6.07) is 0.780. The fourth-order valence-electron chi connectivity index (χ4n) is 8.97. The Bertz CT molecular complexity index is 917. The van der Waals surface area contributed by atoms with Crippen LogP contribution in [0, 0.1) is 34.5 Å². The molecule has 41 heavy (non-hydrogen) atoms. The van der Waals surface area contributed by atoms with Gasteiger partial charge in [0.15, 0.2) is 5.78 Å². The smallest absolute Gasteiger partial charge is 0.393 e. The normalized spacial score (nSPS) is 41.5. The molecule has 4 aliphatic carbocycles. The van der Waals surface area contributed by atoms with Crippen molar-refractivity contribution in [3.8, 4) is 0 Å². The lowest BCUT2D eigenvalue weighted by Crippen LogP contribution is -2.62. The molecule has 0 bridgehead atoms. The molecule has 3 N–H and O–H groups in total. The predicted octanol–water partition coefficient (Wildman–Crippen LogP) is 2.53. The molecule has 10 nitrogen and oxygen atoms in total. The van der Waals surface area contributed by atoms with Crippen molar-refractivity contribution in [1.29, 1.82) is 0 Å². The van der Waals surface area contributed by atoms with Crippen molar-refractivity contribution in [2.24, 2.45) is 34.5 Å². The minimum atomic E-state index is -2.39. The number of ether oxygens (including phenoxy) is 2. The van der Waals surface area contributed by atoms with E-state index in [1.807, 2.05) is 6.92 Å². The summed E-state index contributed by atoms with van der Waals surface area (Å²) in [5.41, 5.74) is -2.40. The van der Waals surface area contributed by atoms with Gasteiger partial charge in [-0.15, -0.1) is 0 Å². The van der Waals surface area contributed by atoms with Crippen molar-refractivity contribution in [2.45, 2.75) is 95.5 Å². The van der Waals surface area contributed by atoms with Gasteiger partial charge in [0, 0.05) is 51.7 Å². The Balaban J connectivity index is 0.000000221. The van der Waals surface area contributed by atoms with E-state index in [1.54, 1.807) is 21.3 Å². The first-order valence-electron chi connectivity index (χ1n) is 15.4. The molecule has 11 heteroatoms. The lowest BCUT2D eigenvalue weighted by molar-refractivity contribution is -0.180. The molecule has 5 aliphatic rings. The SMILES string of the molecule is CO[Si](CCCOCC1CO1)(OC)OC.C[C@]12CC[C@@H](O)C[C@H]1CC[C@@H]1[C@@H]2C(=O)C[C@@]2(C)[C@H]1CC[C@]2(O)C(=O)CO. The Morgan fingerprint density at radius 1 is 1.07 bits per heavy atom. The number of hydrogen-bond donors (Lipinski definition) is 3. The topological polar surface area (TPSA) is 144 Å². The molecular formula is C30H52O10Si. The Kier molecular flexibility index (Phi) is 10.6. The molecule has 236 valence electrons. The van der Waals surface area contributed by atoms with E-state index in [0.717, 1.165) is 57.6 Å². The van der Waals surface area contributed by atoms with Crippen LogP contribution in [0.3, 0.4) is 0 Å². The lowest BCUT2D eigenvalue weighted by atomic mass is 9.44. The molecule has 0 aromatic rings. The summed E-state index contributed by atoms with van der Waals surface area (Å²) in [4.78, 5) is 25.7. The molecule has 0 aromatic carbocycles. The number of carbonyl (C=O) groups is 2. The minimum Gasteiger partial charge on any atom is -0.393 e. The molecule has 0 amide bonds. The second-order valence-corrected chi connectivity index (χ2v) is 16.5. The second kappa shape index (κ2) is 13.1. The predicted molar refractivity (Wildman–Crippen MR) is 152 cm³/mol. The maximum absolute atomic E-state index is 13.4. The number of aliphatic hydroxyl groups is 3. The first-order chi connectivity index (χ1) is 19.4. The molecule has 5 fully saturated rings. The number of rotatable bonds is 11. The molecular weight excluding hydrogens is 548 g/mol. The Morgan fingerprint density at radius 2 is 1.76 bits per heavy atom. The molecule has 1 saturated heterocycles. The summed E-state index contributed by atoms with van der Waals surface area (Å²) < 4.78 is 26.3. The van der Waals surface area contributed by atoms with Gasteiger partial charge < -0.3 is 38.1 Å². The highest BCUT2D eigenvalue weighted by Gasteiger charge is 2.68. The van der Waals surface area contributed by atoms with E-state index in [9.17, 15) is 24.9 Å². The van der Waals surface area contributed by atoms with Gasteiger partial charge in [-0.25, -0.2) is 0 Å². The van der Waals surface area contributed by atoms with Crippen LogP contribution in [0.2, 0.25) is 6.04 Å². The zero-order chi connectivity index (χ0) is 30.1. The van der Waals surface area contributed by atoms with Crippen LogP contribution in [-0.4, -0.2) is 101 Å². The zero-order valence-electron chi connectivity index (χ0n) is 25.6. The van der Waals surface area contributed by atoms with Crippen molar-refractivity contribution in [3.63, 3.8) is 0 Å². The summed E-state index contributed by atoms with van der Waals surface area (Å²) in [6.45, 7) is 5.70. The third-order valence-electron chi connectivity index (χ3n) is 11.5. The van der Waals surface area contributed by atoms with Crippen LogP contribution < -0.4 is 0 Å². The summed E-state index contributed by atoms with van der Waals surface area (Å²) >= 11 is 0. The van der Waals surface area contributed by atoms with E-state index in [2.05, 4.69) is 6.92 Å². The molecule has 0 spiro atoms. The van der Waals surface area contributed by atoms with Gasteiger partial charge in [-0.2, -0.15) is 0 Å². The van der Waals surface area contributed by atoms with Crippen LogP contribution in [0.1, 0.15) is 71.6 Å². The van der Waals surface area contributed by atoms with Gasteiger partial charge >= 0.3 is 8.80 Å². The number of ketones is 2. The largest absolute Gasteiger partial charge is 0.500 e. The third kappa shape index (κ3) is 6.26. The summed E-state index contributed by atoms with van der Waals surface area (Å²) in [6.07, 6.45) is 6.69. The highest BCUT2D eigenvalue weighted by molar-refractivity contribution is 6.60. The summed E-state index contributed by atoms with van der Waals surface area (Å²) in [5, 5.41) is 30.6. The average molecular weight is 601 g/mol. The van der Waals surface area contributed by atoms with Crippen LogP contribution in [0.4, 0.5) is 0 Å². The zero-order valence-corrected chi connectivity index (χ0v) is 26.6. The Morgan fingerprint density at radius 3 is 2.37 bits per heavy atom. The van der Waals surface area contributed by atoms with E-state index < -0.39 is 32.2 Å². The van der Waals surface area contributed by atoms with Gasteiger partial charge in [0.1, 0.15) is 24.1 Å². The number of fused-ring (bicyclic) bond motifs is 5. The Hall–Kier alpha value is -0.763.